The van der Waals surface area contributed by atoms with Crippen molar-refractivity contribution in [1.29, 1.82) is 0 Å². The first-order valence-corrected chi connectivity index (χ1v) is 12.7. The van der Waals surface area contributed by atoms with Crippen LogP contribution in [0.25, 0.3) is 33.4 Å². The van der Waals surface area contributed by atoms with Crippen LogP contribution in [0.3, 0.4) is 0 Å². The van der Waals surface area contributed by atoms with Gasteiger partial charge in [-0.2, -0.15) is 0 Å². The van der Waals surface area contributed by atoms with Gasteiger partial charge in [0.05, 0.1) is 18.6 Å². The maximum Gasteiger partial charge on any atom is 0.217 e. The van der Waals surface area contributed by atoms with Gasteiger partial charge in [-0.25, -0.2) is 4.58 Å². The van der Waals surface area contributed by atoms with Crippen LogP contribution in [0.4, 0.5) is 5.69 Å². The van der Waals surface area contributed by atoms with Gasteiger partial charge in [0.15, 0.2) is 6.54 Å². The third-order valence-electron chi connectivity index (χ3n) is 6.63. The smallest absolute Gasteiger partial charge is 0.217 e. The van der Waals surface area contributed by atoms with Crippen molar-refractivity contribution in [2.75, 3.05) is 45.2 Å². The van der Waals surface area contributed by atoms with Gasteiger partial charge in [0.25, 0.3) is 0 Å². The molecule has 0 unspecified atom stereocenters. The topological polar surface area (TPSA) is 118 Å². The van der Waals surface area contributed by atoms with Gasteiger partial charge in [-0.15, -0.1) is 0 Å². The first-order chi connectivity index (χ1) is 18.7. The van der Waals surface area contributed by atoms with E-state index >= 15 is 0 Å². The Bertz CT molecular complexity index is 1590. The second kappa shape index (κ2) is 11.8. The lowest BCUT2D eigenvalue weighted by atomic mass is 9.90. The van der Waals surface area contributed by atoms with Crippen molar-refractivity contribution in [3.63, 3.8) is 0 Å². The van der Waals surface area contributed by atoms with E-state index in [9.17, 15) is 19.5 Å². The van der Waals surface area contributed by atoms with Crippen LogP contribution < -0.4 is 30.6 Å². The Balaban J connectivity index is 1.90. The van der Waals surface area contributed by atoms with Gasteiger partial charge in [-0.3, -0.25) is 9.59 Å². The zero-order valence-electron chi connectivity index (χ0n) is 22.5. The Kier molecular flexibility index (Phi) is 8.29. The Morgan fingerprint density at radius 3 is 2.36 bits per heavy atom. The van der Waals surface area contributed by atoms with E-state index in [1.807, 2.05) is 60.0 Å². The van der Waals surface area contributed by atoms with Crippen molar-refractivity contribution in [3.8, 4) is 22.5 Å². The Morgan fingerprint density at radius 2 is 1.64 bits per heavy atom. The largest absolute Gasteiger partial charge is 0.545 e. The van der Waals surface area contributed by atoms with Crippen LogP contribution in [-0.2, 0) is 9.59 Å². The number of benzene rings is 3. The van der Waals surface area contributed by atoms with Crippen molar-refractivity contribution >= 4 is 34.4 Å². The summed E-state index contributed by atoms with van der Waals surface area (Å²) in [7, 11) is 3.86. The van der Waals surface area contributed by atoms with E-state index in [2.05, 4.69) is 10.6 Å². The lowest BCUT2D eigenvalue weighted by Gasteiger charge is -2.22. The highest BCUT2D eigenvalue weighted by atomic mass is 16.4. The van der Waals surface area contributed by atoms with Crippen LogP contribution in [-0.4, -0.2) is 58.1 Å². The van der Waals surface area contributed by atoms with Gasteiger partial charge in [0.1, 0.15) is 18.4 Å². The molecule has 39 heavy (non-hydrogen) atoms. The van der Waals surface area contributed by atoms with Crippen molar-refractivity contribution in [2.24, 2.45) is 0 Å². The number of fused-ring (bicyclic) bond motifs is 2. The molecule has 0 aromatic heterocycles. The van der Waals surface area contributed by atoms with Crippen molar-refractivity contribution < 1.29 is 23.9 Å². The van der Waals surface area contributed by atoms with Crippen LogP contribution in [0.15, 0.2) is 65.1 Å². The Hall–Kier alpha value is -4.66. The number of rotatable bonds is 9. The first kappa shape index (κ1) is 27.4. The molecular weight excluding hydrogens is 496 g/mol. The Labute approximate surface area is 226 Å². The zero-order chi connectivity index (χ0) is 28.1. The molecule has 202 valence electrons. The number of likely N-dealkylation sites (N-methyl/N-ethyl adjacent to an activating group) is 2. The molecule has 2 amide bonds. The van der Waals surface area contributed by atoms with E-state index in [4.69, 9.17) is 4.42 Å². The highest BCUT2D eigenvalue weighted by Crippen LogP contribution is 2.41. The third-order valence-corrected chi connectivity index (χ3v) is 6.63. The summed E-state index contributed by atoms with van der Waals surface area (Å²) in [5, 5.41) is 19.3. The summed E-state index contributed by atoms with van der Waals surface area (Å²) < 4.78 is 8.43. The molecule has 1 aliphatic heterocycles. The summed E-state index contributed by atoms with van der Waals surface area (Å²) in [6, 6.07) is 18.4. The molecule has 9 nitrogen and oxygen atoms in total. The van der Waals surface area contributed by atoms with E-state index in [-0.39, 0.29) is 17.4 Å². The highest BCUT2D eigenvalue weighted by molar-refractivity contribution is 6.07. The fourth-order valence-electron chi connectivity index (χ4n) is 4.57. The monoisotopic (exact) mass is 528 g/mol. The molecule has 2 N–H and O–H groups in total. The summed E-state index contributed by atoms with van der Waals surface area (Å²) in [5.74, 6) is -0.834. The molecule has 0 fully saturated rings. The summed E-state index contributed by atoms with van der Waals surface area (Å²) in [4.78, 5) is 36.6. The number of nitrogens with one attached hydrogen (secondary N) is 2. The van der Waals surface area contributed by atoms with Gasteiger partial charge >= 0.3 is 0 Å². The molecule has 1 aliphatic carbocycles. The number of aromatic carboxylic acids is 1. The summed E-state index contributed by atoms with van der Waals surface area (Å²) in [6.45, 7) is 5.16. The lowest BCUT2D eigenvalue weighted by Crippen LogP contribution is -2.34. The van der Waals surface area contributed by atoms with Crippen LogP contribution in [0.5, 0.6) is 0 Å². The lowest BCUT2D eigenvalue weighted by molar-refractivity contribution is -0.254. The average Bonchev–Trinajstić information content (AvgIpc) is 2.90. The van der Waals surface area contributed by atoms with Crippen LogP contribution in [0.1, 0.15) is 24.2 Å². The molecular formula is C30H32N4O5. The summed E-state index contributed by atoms with van der Waals surface area (Å²) >= 11 is 0. The normalized spacial score (nSPS) is 11.8. The standard InChI is InChI=1S/C30H32N4O5/c1-19(35)31-13-15-33(3)21-9-11-25-27(17-21)39-28-18-22(34(4)16-14-32-20(2)36)10-12-26(28)29(25)23-7-5-6-8-24(23)30(37)38/h5-12,17-18H,13-16H2,1-4H3,(H2-,31,32,35,36,37,38). The second-order valence-corrected chi connectivity index (χ2v) is 9.48. The number of hydrogen-bond donors (Lipinski definition) is 2. The number of carbonyl (C=O) groups excluding carboxylic acids is 3. The number of hydrogen-bond acceptors (Lipinski definition) is 6. The number of nitrogens with zero attached hydrogens (tertiary/aromatic N) is 2. The average molecular weight is 529 g/mol. The number of carboxylic acids is 1. The number of carboxylic acid groups (broad SMARTS) is 1. The van der Waals surface area contributed by atoms with E-state index in [1.54, 1.807) is 24.3 Å². The predicted molar refractivity (Wildman–Crippen MR) is 149 cm³/mol. The fraction of sp³-hybridized carbons (Fsp3) is 0.267. The molecule has 0 bridgehead atoms. The quantitative estimate of drug-likeness (QED) is 0.252. The fourth-order valence-corrected chi connectivity index (χ4v) is 4.57. The van der Waals surface area contributed by atoms with Gasteiger partial charge < -0.3 is 29.9 Å². The molecule has 9 heteroatoms. The first-order valence-electron chi connectivity index (χ1n) is 12.7. The number of anilines is 1. The molecule has 1 heterocycles. The SMILES string of the molecule is CC(=O)NCCN(C)c1ccc2c(-c3ccccc3C(=O)[O-])c3ccc(=[N+](C)CCNC(C)=O)cc-3oc2c1. The molecule has 0 spiro atoms. The van der Waals surface area contributed by atoms with E-state index in [1.165, 1.54) is 13.8 Å². The number of amides is 2. The van der Waals surface area contributed by atoms with Crippen LogP contribution >= 0.6 is 0 Å². The van der Waals surface area contributed by atoms with Gasteiger partial charge in [0, 0.05) is 73.9 Å². The molecule has 2 aromatic carbocycles. The minimum Gasteiger partial charge on any atom is -0.545 e. The van der Waals surface area contributed by atoms with Gasteiger partial charge in [-0.05, 0) is 23.8 Å². The predicted octanol–water partition coefficient (Wildman–Crippen LogP) is 1.68. The van der Waals surface area contributed by atoms with Crippen molar-refractivity contribution in [1.82, 2.24) is 15.2 Å². The van der Waals surface area contributed by atoms with E-state index in [0.29, 0.717) is 43.1 Å². The third kappa shape index (κ3) is 6.26. The maximum absolute atomic E-state index is 12.0. The molecule has 2 aromatic rings. The molecule has 0 saturated heterocycles. The number of carbonyl (C=O) groups is 3. The summed E-state index contributed by atoms with van der Waals surface area (Å²) in [5.41, 5.74) is 3.63. The Morgan fingerprint density at radius 1 is 0.923 bits per heavy atom. The zero-order valence-corrected chi connectivity index (χ0v) is 22.5. The summed E-state index contributed by atoms with van der Waals surface area (Å²) in [6.07, 6.45) is 0. The highest BCUT2D eigenvalue weighted by Gasteiger charge is 2.21. The van der Waals surface area contributed by atoms with E-state index < -0.39 is 5.97 Å². The second-order valence-electron chi connectivity index (χ2n) is 9.48. The molecule has 4 rings (SSSR count). The maximum atomic E-state index is 12.0. The van der Waals surface area contributed by atoms with Gasteiger partial charge in [0.2, 0.25) is 17.2 Å². The van der Waals surface area contributed by atoms with Crippen molar-refractivity contribution in [2.45, 2.75) is 13.8 Å². The minimum atomic E-state index is -1.25. The molecule has 0 saturated carbocycles. The van der Waals surface area contributed by atoms with Crippen molar-refractivity contribution in [3.05, 3.63) is 71.6 Å². The van der Waals surface area contributed by atoms with Crippen LogP contribution in [0.2, 0.25) is 0 Å². The molecule has 0 radical (unpaired) electrons. The molecule has 2 aliphatic rings. The minimum absolute atomic E-state index is 0.0857. The van der Waals surface area contributed by atoms with Gasteiger partial charge in [-0.1, -0.05) is 24.3 Å². The van der Waals surface area contributed by atoms with Crippen LogP contribution in [0, 0.1) is 0 Å². The van der Waals surface area contributed by atoms with E-state index in [0.717, 1.165) is 27.6 Å². The molecule has 0 atom stereocenters.